The number of nitrogens with zero attached hydrogens (tertiary/aromatic N) is 2. The summed E-state index contributed by atoms with van der Waals surface area (Å²) in [5.41, 5.74) is 6.97. The van der Waals surface area contributed by atoms with Crippen LogP contribution >= 0.6 is 23.2 Å². The number of nitrogens with one attached hydrogen (secondary N) is 1. The Balaban J connectivity index is 1.19. The Morgan fingerprint density at radius 3 is 2.50 bits per heavy atom. The fourth-order valence-corrected chi connectivity index (χ4v) is 6.66. The van der Waals surface area contributed by atoms with Crippen LogP contribution in [0.1, 0.15) is 56.0 Å². The SMILES string of the molecule is CCOC(=O)c1ccc(N2CCN(CC3=C(c4ccc(Cl)cc4)CC(C)(C)CC3)CC2)cc1Oc1ccc2[nH]cc(Cl)c2c1. The first-order valence-electron chi connectivity index (χ1n) is 15.4. The molecule has 0 unspecified atom stereocenters. The maximum atomic E-state index is 12.8. The highest BCUT2D eigenvalue weighted by Crippen LogP contribution is 2.43. The Hall–Kier alpha value is -3.45. The van der Waals surface area contributed by atoms with Crippen molar-refractivity contribution < 1.29 is 14.3 Å². The van der Waals surface area contributed by atoms with Crippen molar-refractivity contribution in [3.8, 4) is 11.5 Å². The van der Waals surface area contributed by atoms with E-state index in [9.17, 15) is 4.79 Å². The minimum atomic E-state index is -0.403. The molecule has 0 radical (unpaired) electrons. The van der Waals surface area contributed by atoms with Crippen molar-refractivity contribution >= 4 is 51.3 Å². The molecule has 1 N–H and O–H groups in total. The summed E-state index contributed by atoms with van der Waals surface area (Å²) in [6.45, 7) is 11.5. The molecular weight excluding hydrogens is 593 g/mol. The van der Waals surface area contributed by atoms with Gasteiger partial charge in [-0.05, 0) is 85.2 Å². The summed E-state index contributed by atoms with van der Waals surface area (Å²) in [5, 5.41) is 2.26. The van der Waals surface area contributed by atoms with Crippen molar-refractivity contribution in [2.24, 2.45) is 5.41 Å². The topological polar surface area (TPSA) is 57.8 Å². The average molecular weight is 633 g/mol. The number of hydrogen-bond acceptors (Lipinski definition) is 5. The molecule has 1 saturated heterocycles. The molecule has 1 aliphatic carbocycles. The van der Waals surface area contributed by atoms with Crippen molar-refractivity contribution in [2.45, 2.75) is 40.0 Å². The summed E-state index contributed by atoms with van der Waals surface area (Å²) in [4.78, 5) is 20.9. The molecule has 2 aliphatic rings. The Morgan fingerprint density at radius 1 is 0.977 bits per heavy atom. The van der Waals surface area contributed by atoms with Gasteiger partial charge in [0.2, 0.25) is 0 Å². The standard InChI is InChI=1S/C36H39Cl2N3O3/c1-4-43-35(42)29-11-9-27(19-34(29)44-28-10-12-33-30(20-28)32(38)22-39-33)41-17-15-40(16-18-41)23-25-13-14-36(2,3)21-31(25)24-5-7-26(37)8-6-24/h5-12,19-20,22,39H,4,13-18,21,23H2,1-3H3. The van der Waals surface area contributed by atoms with E-state index in [-0.39, 0.29) is 0 Å². The number of carbonyl (C=O) groups is 1. The van der Waals surface area contributed by atoms with Crippen molar-refractivity contribution in [2.75, 3.05) is 44.2 Å². The summed E-state index contributed by atoms with van der Waals surface area (Å²) < 4.78 is 11.7. The second-order valence-electron chi connectivity index (χ2n) is 12.5. The third-order valence-electron chi connectivity index (χ3n) is 8.82. The number of aromatic amines is 1. The van der Waals surface area contributed by atoms with Crippen LogP contribution in [0.3, 0.4) is 0 Å². The highest BCUT2D eigenvalue weighted by molar-refractivity contribution is 6.35. The maximum Gasteiger partial charge on any atom is 0.341 e. The molecule has 230 valence electrons. The van der Waals surface area contributed by atoms with Gasteiger partial charge in [0.05, 0.1) is 11.6 Å². The van der Waals surface area contributed by atoms with E-state index in [1.54, 1.807) is 18.7 Å². The lowest BCUT2D eigenvalue weighted by molar-refractivity contribution is 0.0523. The number of aromatic nitrogens is 1. The Bertz CT molecular complexity index is 1680. The lowest BCUT2D eigenvalue weighted by Crippen LogP contribution is -2.47. The molecule has 0 bridgehead atoms. The zero-order valence-corrected chi connectivity index (χ0v) is 27.1. The van der Waals surface area contributed by atoms with Crippen molar-refractivity contribution in [3.05, 3.63) is 93.6 Å². The van der Waals surface area contributed by atoms with E-state index < -0.39 is 5.97 Å². The minimum Gasteiger partial charge on any atom is -0.462 e. The first-order valence-corrected chi connectivity index (χ1v) is 16.1. The average Bonchev–Trinajstić information content (AvgIpc) is 3.38. The van der Waals surface area contributed by atoms with Gasteiger partial charge in [-0.15, -0.1) is 0 Å². The van der Waals surface area contributed by atoms with E-state index in [1.807, 2.05) is 48.5 Å². The summed E-state index contributed by atoms with van der Waals surface area (Å²) in [6.07, 6.45) is 5.17. The second-order valence-corrected chi connectivity index (χ2v) is 13.4. The number of ether oxygens (including phenoxy) is 2. The molecule has 0 amide bonds. The second kappa shape index (κ2) is 12.9. The number of benzene rings is 3. The number of H-pyrrole nitrogens is 1. The number of anilines is 1. The van der Waals surface area contributed by atoms with Crippen LogP contribution in [0.5, 0.6) is 11.5 Å². The normalized spacial score (nSPS) is 17.2. The third kappa shape index (κ3) is 6.78. The Kier molecular flexibility index (Phi) is 8.95. The van der Waals surface area contributed by atoms with Gasteiger partial charge in [-0.25, -0.2) is 4.79 Å². The molecule has 0 saturated carbocycles. The number of halogens is 2. The van der Waals surface area contributed by atoms with Gasteiger partial charge >= 0.3 is 5.97 Å². The first kappa shape index (κ1) is 30.6. The lowest BCUT2D eigenvalue weighted by atomic mass is 9.72. The van der Waals surface area contributed by atoms with Crippen LogP contribution in [-0.4, -0.2) is 55.2 Å². The molecule has 2 heterocycles. The molecule has 1 aliphatic heterocycles. The number of esters is 1. The van der Waals surface area contributed by atoms with Gasteiger partial charge < -0.3 is 19.4 Å². The van der Waals surface area contributed by atoms with Crippen molar-refractivity contribution in [1.82, 2.24) is 9.88 Å². The zero-order chi connectivity index (χ0) is 30.8. The predicted molar refractivity (Wildman–Crippen MR) is 180 cm³/mol. The fourth-order valence-electron chi connectivity index (χ4n) is 6.32. The highest BCUT2D eigenvalue weighted by Gasteiger charge is 2.29. The van der Waals surface area contributed by atoms with Crippen molar-refractivity contribution in [1.29, 1.82) is 0 Å². The highest BCUT2D eigenvalue weighted by atomic mass is 35.5. The molecule has 4 aromatic rings. The summed E-state index contributed by atoms with van der Waals surface area (Å²) in [6, 6.07) is 19.8. The number of carbonyl (C=O) groups excluding carboxylic acids is 1. The van der Waals surface area contributed by atoms with E-state index >= 15 is 0 Å². The van der Waals surface area contributed by atoms with Gasteiger partial charge in [-0.2, -0.15) is 0 Å². The molecule has 6 rings (SSSR count). The Labute approximate surface area is 269 Å². The third-order valence-corrected chi connectivity index (χ3v) is 9.39. The maximum absolute atomic E-state index is 12.8. The summed E-state index contributed by atoms with van der Waals surface area (Å²) in [5.74, 6) is 0.670. The number of piperazine rings is 1. The zero-order valence-electron chi connectivity index (χ0n) is 25.6. The van der Waals surface area contributed by atoms with Gasteiger partial charge in [0.1, 0.15) is 17.1 Å². The lowest BCUT2D eigenvalue weighted by Gasteiger charge is -2.39. The monoisotopic (exact) mass is 631 g/mol. The first-order chi connectivity index (χ1) is 21.2. The van der Waals surface area contributed by atoms with Crippen LogP contribution in [0.25, 0.3) is 16.5 Å². The molecule has 6 nitrogen and oxygen atoms in total. The minimum absolute atomic E-state index is 0.292. The van der Waals surface area contributed by atoms with E-state index in [0.717, 1.165) is 67.2 Å². The van der Waals surface area contributed by atoms with E-state index in [0.29, 0.717) is 34.1 Å². The van der Waals surface area contributed by atoms with E-state index in [4.69, 9.17) is 32.7 Å². The fraction of sp³-hybridized carbons (Fsp3) is 0.361. The van der Waals surface area contributed by atoms with E-state index in [1.165, 1.54) is 17.6 Å². The van der Waals surface area contributed by atoms with E-state index in [2.05, 4.69) is 40.8 Å². The van der Waals surface area contributed by atoms with Crippen LogP contribution in [0.4, 0.5) is 5.69 Å². The molecule has 1 aromatic heterocycles. The molecule has 8 heteroatoms. The van der Waals surface area contributed by atoms with Crippen LogP contribution < -0.4 is 9.64 Å². The van der Waals surface area contributed by atoms with Crippen LogP contribution in [-0.2, 0) is 4.74 Å². The molecule has 1 fully saturated rings. The summed E-state index contributed by atoms with van der Waals surface area (Å²) >= 11 is 12.6. The molecule has 0 spiro atoms. The number of allylic oxidation sites excluding steroid dienone is 1. The van der Waals surface area contributed by atoms with Gasteiger partial charge in [0, 0.05) is 66.6 Å². The van der Waals surface area contributed by atoms with Gasteiger partial charge in [0.25, 0.3) is 0 Å². The van der Waals surface area contributed by atoms with Gasteiger partial charge in [0.15, 0.2) is 0 Å². The largest absolute Gasteiger partial charge is 0.462 e. The molecule has 0 atom stereocenters. The molecule has 44 heavy (non-hydrogen) atoms. The number of hydrogen-bond donors (Lipinski definition) is 1. The van der Waals surface area contributed by atoms with Gasteiger partial charge in [-0.1, -0.05) is 54.8 Å². The van der Waals surface area contributed by atoms with Crippen LogP contribution in [0.2, 0.25) is 10.0 Å². The number of rotatable bonds is 8. The summed E-state index contributed by atoms with van der Waals surface area (Å²) in [7, 11) is 0. The Morgan fingerprint density at radius 2 is 1.75 bits per heavy atom. The van der Waals surface area contributed by atoms with Crippen molar-refractivity contribution in [3.63, 3.8) is 0 Å². The molecular formula is C36H39Cl2N3O3. The number of fused-ring (bicyclic) bond motifs is 1. The predicted octanol–water partition coefficient (Wildman–Crippen LogP) is 9.23. The van der Waals surface area contributed by atoms with Gasteiger partial charge in [-0.3, -0.25) is 4.90 Å². The smallest absolute Gasteiger partial charge is 0.341 e. The molecule has 3 aromatic carbocycles. The van der Waals surface area contributed by atoms with Crippen LogP contribution in [0, 0.1) is 5.41 Å². The quantitative estimate of drug-likeness (QED) is 0.196. The van der Waals surface area contributed by atoms with Crippen LogP contribution in [0.15, 0.2) is 72.4 Å².